The summed E-state index contributed by atoms with van der Waals surface area (Å²) in [7, 11) is 0. The molecule has 0 aliphatic rings. The fraction of sp³-hybridized carbons (Fsp3) is 0.200. The number of nitrogens with zero attached hydrogens (tertiary/aromatic N) is 2. The first-order chi connectivity index (χ1) is 13.7. The molecule has 0 fully saturated rings. The van der Waals surface area contributed by atoms with Gasteiger partial charge in [0.2, 0.25) is 0 Å². The number of halogens is 4. The first-order valence-corrected chi connectivity index (χ1v) is 9.03. The molecule has 3 aromatic rings. The molecule has 5 nitrogen and oxygen atoms in total. The Morgan fingerprint density at radius 3 is 2.45 bits per heavy atom. The topological polar surface area (TPSA) is 67.2 Å². The van der Waals surface area contributed by atoms with Gasteiger partial charge in [0.15, 0.2) is 5.69 Å². The molecule has 3 rings (SSSR count). The number of carbonyl (C=O) groups is 1. The van der Waals surface area contributed by atoms with Gasteiger partial charge in [-0.05, 0) is 37.3 Å². The zero-order valence-corrected chi connectivity index (χ0v) is 16.0. The Kier molecular flexibility index (Phi) is 5.95. The van der Waals surface area contributed by atoms with E-state index in [0.717, 1.165) is 10.7 Å². The highest BCUT2D eigenvalue weighted by atomic mass is 35.5. The second kappa shape index (κ2) is 8.26. The average Bonchev–Trinajstić information content (AvgIpc) is 3.12. The second-order valence-electron chi connectivity index (χ2n) is 6.41. The number of para-hydroxylation sites is 1. The van der Waals surface area contributed by atoms with Gasteiger partial charge < -0.3 is 10.4 Å². The Hall–Kier alpha value is -2.84. The van der Waals surface area contributed by atoms with E-state index in [9.17, 15) is 23.1 Å². The minimum Gasteiger partial charge on any atom is -0.392 e. The number of benzene rings is 2. The molecule has 1 amide bonds. The molecule has 0 aliphatic carbocycles. The molecule has 9 heteroatoms. The highest BCUT2D eigenvalue weighted by Gasteiger charge is 2.35. The first-order valence-electron chi connectivity index (χ1n) is 8.65. The Balaban J connectivity index is 2.01. The Morgan fingerprint density at radius 1 is 1.21 bits per heavy atom. The number of hydrogen-bond donors (Lipinski definition) is 2. The van der Waals surface area contributed by atoms with Crippen LogP contribution in [0.4, 0.5) is 13.2 Å². The molecule has 0 saturated heterocycles. The number of amides is 1. The predicted octanol–water partition coefficient (Wildman–Crippen LogP) is 4.32. The van der Waals surface area contributed by atoms with Crippen molar-refractivity contribution in [3.8, 4) is 16.9 Å². The maximum absolute atomic E-state index is 13.3. The fourth-order valence-electron chi connectivity index (χ4n) is 2.67. The highest BCUT2D eigenvalue weighted by molar-refractivity contribution is 6.32. The third kappa shape index (κ3) is 4.78. The summed E-state index contributed by atoms with van der Waals surface area (Å²) in [6.45, 7) is 1.63. The largest absolute Gasteiger partial charge is 0.435 e. The first kappa shape index (κ1) is 20.9. The average molecular weight is 424 g/mol. The number of nitrogens with one attached hydrogen (secondary N) is 1. The smallest absolute Gasteiger partial charge is 0.392 e. The van der Waals surface area contributed by atoms with Gasteiger partial charge in [0, 0.05) is 17.7 Å². The maximum Gasteiger partial charge on any atom is 0.435 e. The molecule has 0 saturated carbocycles. The normalized spacial score (nSPS) is 12.6. The maximum atomic E-state index is 13.3. The monoisotopic (exact) mass is 423 g/mol. The molecular weight excluding hydrogens is 407 g/mol. The molecule has 1 heterocycles. The summed E-state index contributed by atoms with van der Waals surface area (Å²) < 4.78 is 40.9. The lowest BCUT2D eigenvalue weighted by molar-refractivity contribution is -0.141. The van der Waals surface area contributed by atoms with Crippen molar-refractivity contribution in [2.45, 2.75) is 19.2 Å². The summed E-state index contributed by atoms with van der Waals surface area (Å²) in [5.74, 6) is -0.395. The summed E-state index contributed by atoms with van der Waals surface area (Å²) in [6.07, 6.45) is -5.31. The van der Waals surface area contributed by atoms with E-state index in [0.29, 0.717) is 16.8 Å². The predicted molar refractivity (Wildman–Crippen MR) is 103 cm³/mol. The van der Waals surface area contributed by atoms with Crippen molar-refractivity contribution in [3.05, 3.63) is 70.9 Å². The van der Waals surface area contributed by atoms with Gasteiger partial charge in [-0.15, -0.1) is 0 Å². The minimum atomic E-state index is -4.62. The lowest BCUT2D eigenvalue weighted by atomic mass is 10.1. The number of hydrogen-bond acceptors (Lipinski definition) is 3. The molecule has 1 aromatic heterocycles. The SMILES string of the molecule is C[C@H](O)CNC(=O)c1ccc(-c2cc(C(F)(F)F)nn2-c2ccccc2Cl)cc1. The van der Waals surface area contributed by atoms with Crippen LogP contribution >= 0.6 is 11.6 Å². The van der Waals surface area contributed by atoms with Gasteiger partial charge in [0.05, 0.1) is 22.5 Å². The zero-order valence-electron chi connectivity index (χ0n) is 15.2. The second-order valence-corrected chi connectivity index (χ2v) is 6.82. The van der Waals surface area contributed by atoms with Gasteiger partial charge >= 0.3 is 6.18 Å². The van der Waals surface area contributed by atoms with E-state index in [2.05, 4.69) is 10.4 Å². The number of rotatable bonds is 5. The number of carbonyl (C=O) groups excluding carboxylic acids is 1. The Bertz CT molecular complexity index is 1010. The van der Waals surface area contributed by atoms with E-state index in [1.54, 1.807) is 24.3 Å². The lowest BCUT2D eigenvalue weighted by Crippen LogP contribution is -2.30. The van der Waals surface area contributed by atoms with E-state index >= 15 is 0 Å². The van der Waals surface area contributed by atoms with Crippen LogP contribution in [0.5, 0.6) is 0 Å². The molecule has 2 N–H and O–H groups in total. The van der Waals surface area contributed by atoms with Crippen LogP contribution in [0.1, 0.15) is 23.0 Å². The molecule has 0 bridgehead atoms. The Morgan fingerprint density at radius 2 is 1.86 bits per heavy atom. The Labute approximate surface area is 169 Å². The molecule has 0 aliphatic heterocycles. The third-order valence-electron chi connectivity index (χ3n) is 4.08. The van der Waals surface area contributed by atoms with Crippen molar-refractivity contribution in [1.82, 2.24) is 15.1 Å². The van der Waals surface area contributed by atoms with Crippen molar-refractivity contribution in [1.29, 1.82) is 0 Å². The van der Waals surface area contributed by atoms with E-state index in [1.165, 1.54) is 31.2 Å². The standard InChI is InChI=1S/C20H17ClF3N3O2/c1-12(28)11-25-19(29)14-8-6-13(7-9-14)17-10-18(20(22,23)24)26-27(17)16-5-3-2-4-15(16)21/h2-10,12,28H,11H2,1H3,(H,25,29)/t12-/m0/s1. The van der Waals surface area contributed by atoms with Gasteiger partial charge in [0.25, 0.3) is 5.91 Å². The summed E-state index contributed by atoms with van der Waals surface area (Å²) in [6, 6.07) is 13.4. The summed E-state index contributed by atoms with van der Waals surface area (Å²) in [5, 5.41) is 15.7. The highest BCUT2D eigenvalue weighted by Crippen LogP contribution is 2.34. The van der Waals surface area contributed by atoms with Crippen molar-refractivity contribution in [2.24, 2.45) is 0 Å². The van der Waals surface area contributed by atoms with Crippen LogP contribution in [0, 0.1) is 0 Å². The van der Waals surface area contributed by atoms with E-state index in [-0.39, 0.29) is 17.3 Å². The molecule has 0 radical (unpaired) electrons. The zero-order chi connectivity index (χ0) is 21.2. The molecular formula is C20H17ClF3N3O2. The number of aliphatic hydroxyl groups is 1. The van der Waals surface area contributed by atoms with Gasteiger partial charge in [-0.3, -0.25) is 4.79 Å². The van der Waals surface area contributed by atoms with Crippen molar-refractivity contribution in [2.75, 3.05) is 6.54 Å². The summed E-state index contributed by atoms with van der Waals surface area (Å²) in [5.41, 5.74) is 0.181. The fourth-order valence-corrected chi connectivity index (χ4v) is 2.88. The molecule has 29 heavy (non-hydrogen) atoms. The summed E-state index contributed by atoms with van der Waals surface area (Å²) >= 11 is 6.15. The van der Waals surface area contributed by atoms with Crippen LogP contribution in [0.3, 0.4) is 0 Å². The number of alkyl halides is 3. The van der Waals surface area contributed by atoms with Gasteiger partial charge in [-0.2, -0.15) is 18.3 Å². The molecule has 0 unspecified atom stereocenters. The quantitative estimate of drug-likeness (QED) is 0.642. The van der Waals surface area contributed by atoms with Crippen LogP contribution in [-0.2, 0) is 6.18 Å². The van der Waals surface area contributed by atoms with Crippen LogP contribution in [0.2, 0.25) is 5.02 Å². The molecule has 2 aromatic carbocycles. The van der Waals surface area contributed by atoms with Crippen molar-refractivity contribution < 1.29 is 23.1 Å². The van der Waals surface area contributed by atoms with Crippen LogP contribution in [-0.4, -0.2) is 33.4 Å². The summed E-state index contributed by atoms with van der Waals surface area (Å²) in [4.78, 5) is 12.1. The van der Waals surface area contributed by atoms with Crippen LogP contribution in [0.15, 0.2) is 54.6 Å². The molecule has 0 spiro atoms. The third-order valence-corrected chi connectivity index (χ3v) is 4.40. The van der Waals surface area contributed by atoms with E-state index < -0.39 is 23.9 Å². The van der Waals surface area contributed by atoms with Gasteiger partial charge in [-0.25, -0.2) is 4.68 Å². The lowest BCUT2D eigenvalue weighted by Gasteiger charge is -2.10. The van der Waals surface area contributed by atoms with Gasteiger partial charge in [0.1, 0.15) is 0 Å². The van der Waals surface area contributed by atoms with E-state index in [4.69, 9.17) is 11.6 Å². The molecule has 152 valence electrons. The number of aliphatic hydroxyl groups excluding tert-OH is 1. The van der Waals surface area contributed by atoms with Crippen LogP contribution < -0.4 is 5.32 Å². The molecule has 1 atom stereocenters. The number of aromatic nitrogens is 2. The van der Waals surface area contributed by atoms with Gasteiger partial charge in [-0.1, -0.05) is 35.9 Å². The van der Waals surface area contributed by atoms with E-state index in [1.807, 2.05) is 0 Å². The van der Waals surface area contributed by atoms with Crippen molar-refractivity contribution in [3.63, 3.8) is 0 Å². The minimum absolute atomic E-state index is 0.0921. The van der Waals surface area contributed by atoms with Crippen molar-refractivity contribution >= 4 is 17.5 Å². The van der Waals surface area contributed by atoms with Crippen LogP contribution in [0.25, 0.3) is 16.9 Å².